The van der Waals surface area contributed by atoms with Gasteiger partial charge < -0.3 is 9.84 Å². The summed E-state index contributed by atoms with van der Waals surface area (Å²) < 4.78 is 5.53. The number of anilines is 1. The molecule has 0 aromatic heterocycles. The van der Waals surface area contributed by atoms with Crippen LogP contribution in [0.3, 0.4) is 0 Å². The third kappa shape index (κ3) is 4.26. The fraction of sp³-hybridized carbons (Fsp3) is 0.0500. The van der Waals surface area contributed by atoms with Crippen molar-refractivity contribution in [2.75, 3.05) is 11.5 Å². The maximum atomic E-state index is 12.9. The highest BCUT2D eigenvalue weighted by Crippen LogP contribution is 2.35. The Hall–Kier alpha value is -3.29. The second-order valence-corrected chi connectivity index (χ2v) is 6.72. The number of phenolic OH excluding ortho intramolecular Hbond substituents is 1. The van der Waals surface area contributed by atoms with E-state index in [-0.39, 0.29) is 45.0 Å². The number of nitrogens with one attached hydrogen (secondary N) is 1. The molecule has 9 heteroatoms. The van der Waals surface area contributed by atoms with Crippen LogP contribution in [0.15, 0.2) is 54.6 Å². The molecule has 0 bridgehead atoms. The van der Waals surface area contributed by atoms with Gasteiger partial charge in [-0.05, 0) is 42.5 Å². The highest BCUT2D eigenvalue weighted by atomic mass is 35.5. The number of halogens is 2. The van der Waals surface area contributed by atoms with Crippen LogP contribution < -0.4 is 15.0 Å². The molecule has 0 atom stereocenters. The molecular formula is C20H14Cl2N2O5. The van der Waals surface area contributed by atoms with Gasteiger partial charge in [-0.1, -0.05) is 35.9 Å². The Morgan fingerprint density at radius 3 is 2.48 bits per heavy atom. The van der Waals surface area contributed by atoms with Gasteiger partial charge in [0.05, 0.1) is 10.7 Å². The molecule has 1 aliphatic rings. The number of aromatic hydroxyl groups is 1. The highest BCUT2D eigenvalue weighted by molar-refractivity contribution is 6.40. The van der Waals surface area contributed by atoms with Crippen LogP contribution in [-0.4, -0.2) is 29.6 Å². The van der Waals surface area contributed by atoms with Gasteiger partial charge >= 0.3 is 6.03 Å². The molecule has 4 amide bonds. The van der Waals surface area contributed by atoms with Gasteiger partial charge in [0.1, 0.15) is 23.7 Å². The van der Waals surface area contributed by atoms with Crippen molar-refractivity contribution in [1.29, 1.82) is 0 Å². The van der Waals surface area contributed by atoms with Gasteiger partial charge in [0, 0.05) is 10.6 Å². The van der Waals surface area contributed by atoms with Gasteiger partial charge in [-0.15, -0.1) is 0 Å². The number of urea groups is 1. The lowest BCUT2D eigenvalue weighted by Crippen LogP contribution is -2.54. The van der Waals surface area contributed by atoms with Crippen molar-refractivity contribution in [1.82, 2.24) is 5.32 Å². The predicted octanol–water partition coefficient (Wildman–Crippen LogP) is 3.93. The zero-order valence-corrected chi connectivity index (χ0v) is 16.3. The average molecular weight is 433 g/mol. The molecular weight excluding hydrogens is 419 g/mol. The smallest absolute Gasteiger partial charge is 0.335 e. The summed E-state index contributed by atoms with van der Waals surface area (Å²) in [5, 5.41) is 12.0. The molecule has 0 unspecified atom stereocenters. The fourth-order valence-corrected chi connectivity index (χ4v) is 3.19. The predicted molar refractivity (Wildman–Crippen MR) is 109 cm³/mol. The van der Waals surface area contributed by atoms with Crippen LogP contribution in [-0.2, 0) is 9.59 Å². The Bertz CT molecular complexity index is 1050. The van der Waals surface area contributed by atoms with Gasteiger partial charge in [0.2, 0.25) is 0 Å². The summed E-state index contributed by atoms with van der Waals surface area (Å²) in [6.45, 7) is 3.70. The minimum absolute atomic E-state index is 0.0389. The molecule has 2 N–H and O–H groups in total. The van der Waals surface area contributed by atoms with Crippen molar-refractivity contribution in [2.24, 2.45) is 0 Å². The molecule has 1 aliphatic heterocycles. The lowest BCUT2D eigenvalue weighted by Gasteiger charge is -2.26. The SMILES string of the molecule is C=CCOc1c(Cl)cc(Cl)cc1/C=C1\C(=O)NC(=O)N(c2ccc(O)cc2)C1=O. The van der Waals surface area contributed by atoms with Crippen LogP contribution in [0.5, 0.6) is 11.5 Å². The number of hydrogen-bond acceptors (Lipinski definition) is 5. The van der Waals surface area contributed by atoms with E-state index in [0.717, 1.165) is 4.90 Å². The minimum Gasteiger partial charge on any atom is -0.508 e. The number of rotatable bonds is 5. The quantitative estimate of drug-likeness (QED) is 0.423. The summed E-state index contributed by atoms with van der Waals surface area (Å²) in [6.07, 6.45) is 2.75. The van der Waals surface area contributed by atoms with E-state index in [0.29, 0.717) is 0 Å². The van der Waals surface area contributed by atoms with E-state index in [1.165, 1.54) is 48.6 Å². The molecule has 0 radical (unpaired) electrons. The van der Waals surface area contributed by atoms with Crippen LogP contribution in [0.4, 0.5) is 10.5 Å². The van der Waals surface area contributed by atoms with Crippen LogP contribution in [0, 0.1) is 0 Å². The second kappa shape index (κ2) is 8.38. The number of carbonyl (C=O) groups excluding carboxylic acids is 3. The minimum atomic E-state index is -0.907. The highest BCUT2D eigenvalue weighted by Gasteiger charge is 2.37. The van der Waals surface area contributed by atoms with Crippen LogP contribution >= 0.6 is 23.2 Å². The Labute approximate surface area is 175 Å². The van der Waals surface area contributed by atoms with Crippen LogP contribution in [0.25, 0.3) is 6.08 Å². The van der Waals surface area contributed by atoms with Crippen molar-refractivity contribution in [3.05, 3.63) is 70.2 Å². The summed E-state index contributed by atoms with van der Waals surface area (Å²) in [7, 11) is 0. The van der Waals surface area contributed by atoms with Crippen molar-refractivity contribution in [2.45, 2.75) is 0 Å². The number of carbonyl (C=O) groups is 3. The fourth-order valence-electron chi connectivity index (χ4n) is 2.63. The van der Waals surface area contributed by atoms with E-state index >= 15 is 0 Å². The van der Waals surface area contributed by atoms with Gasteiger partial charge in [-0.2, -0.15) is 0 Å². The van der Waals surface area contributed by atoms with Crippen molar-refractivity contribution in [3.8, 4) is 11.5 Å². The van der Waals surface area contributed by atoms with E-state index in [1.807, 2.05) is 0 Å². The van der Waals surface area contributed by atoms with Crippen LogP contribution in [0.2, 0.25) is 10.0 Å². The standard InChI is InChI=1S/C20H14Cl2N2O5/c1-2-7-29-17-11(8-12(21)10-16(17)22)9-15-18(26)23-20(28)24(19(15)27)13-3-5-14(25)6-4-13/h2-6,8-10,25H,1,7H2,(H,23,26,28)/b15-9+. The number of nitrogens with zero attached hydrogens (tertiary/aromatic N) is 1. The number of benzene rings is 2. The monoisotopic (exact) mass is 432 g/mol. The third-order valence-corrected chi connectivity index (χ3v) is 4.39. The van der Waals surface area contributed by atoms with E-state index in [2.05, 4.69) is 11.9 Å². The van der Waals surface area contributed by atoms with Gasteiger partial charge in [0.15, 0.2) is 0 Å². The molecule has 1 heterocycles. The van der Waals surface area contributed by atoms with Crippen molar-refractivity contribution >= 4 is 52.8 Å². The number of hydrogen-bond donors (Lipinski definition) is 2. The van der Waals surface area contributed by atoms with Gasteiger partial charge in [-0.3, -0.25) is 14.9 Å². The molecule has 1 fully saturated rings. The molecule has 148 valence electrons. The lowest BCUT2D eigenvalue weighted by molar-refractivity contribution is -0.122. The summed E-state index contributed by atoms with van der Waals surface area (Å²) in [5.74, 6) is -1.56. The first-order valence-electron chi connectivity index (χ1n) is 8.25. The maximum absolute atomic E-state index is 12.9. The molecule has 2 aromatic rings. The Kier molecular flexibility index (Phi) is 5.91. The summed E-state index contributed by atoms with van der Waals surface area (Å²) in [5.41, 5.74) is 0.137. The topological polar surface area (TPSA) is 95.9 Å². The molecule has 2 aromatic carbocycles. The second-order valence-electron chi connectivity index (χ2n) is 5.88. The normalized spacial score (nSPS) is 15.4. The number of phenols is 1. The zero-order chi connectivity index (χ0) is 21.1. The summed E-state index contributed by atoms with van der Waals surface area (Å²) >= 11 is 12.2. The number of ether oxygens (including phenoxy) is 1. The van der Waals surface area contributed by atoms with Crippen molar-refractivity contribution in [3.63, 3.8) is 0 Å². The lowest BCUT2D eigenvalue weighted by atomic mass is 10.1. The van der Waals surface area contributed by atoms with Gasteiger partial charge in [0.25, 0.3) is 11.8 Å². The maximum Gasteiger partial charge on any atom is 0.335 e. The summed E-state index contributed by atoms with van der Waals surface area (Å²) in [4.78, 5) is 38.3. The van der Waals surface area contributed by atoms with E-state index in [9.17, 15) is 19.5 Å². The molecule has 7 nitrogen and oxygen atoms in total. The largest absolute Gasteiger partial charge is 0.508 e. The first-order chi connectivity index (χ1) is 13.8. The molecule has 1 saturated heterocycles. The zero-order valence-electron chi connectivity index (χ0n) is 14.8. The Balaban J connectivity index is 2.07. The Morgan fingerprint density at radius 2 is 1.83 bits per heavy atom. The molecule has 29 heavy (non-hydrogen) atoms. The number of barbiturate groups is 1. The van der Waals surface area contributed by atoms with E-state index in [1.54, 1.807) is 0 Å². The van der Waals surface area contributed by atoms with E-state index in [4.69, 9.17) is 27.9 Å². The molecule has 3 rings (SSSR count). The average Bonchev–Trinajstić information content (AvgIpc) is 2.65. The number of imide groups is 2. The molecule has 0 saturated carbocycles. The first kappa shape index (κ1) is 20.4. The van der Waals surface area contributed by atoms with Crippen LogP contribution in [0.1, 0.15) is 5.56 Å². The summed E-state index contributed by atoms with van der Waals surface area (Å²) in [6, 6.07) is 7.39. The van der Waals surface area contributed by atoms with Gasteiger partial charge in [-0.25, -0.2) is 9.69 Å². The van der Waals surface area contributed by atoms with E-state index < -0.39 is 17.8 Å². The molecule has 0 spiro atoms. The first-order valence-corrected chi connectivity index (χ1v) is 9.00. The third-order valence-electron chi connectivity index (χ3n) is 3.89. The Morgan fingerprint density at radius 1 is 1.14 bits per heavy atom. The van der Waals surface area contributed by atoms with Crippen molar-refractivity contribution < 1.29 is 24.2 Å². The molecule has 0 aliphatic carbocycles. The number of amides is 4.